The molecule has 0 aliphatic carbocycles. The SMILES string of the molecule is O=C(O)c1ccccc1Oc1ccc(Cl)cc1O. The van der Waals surface area contributed by atoms with Crippen LogP contribution in [-0.2, 0) is 0 Å². The topological polar surface area (TPSA) is 66.8 Å². The average Bonchev–Trinajstić information content (AvgIpc) is 2.33. The molecule has 0 spiro atoms. The van der Waals surface area contributed by atoms with Crippen molar-refractivity contribution in [2.75, 3.05) is 0 Å². The van der Waals surface area contributed by atoms with Crippen molar-refractivity contribution in [3.05, 3.63) is 53.1 Å². The van der Waals surface area contributed by atoms with Crippen LogP contribution in [0.4, 0.5) is 0 Å². The van der Waals surface area contributed by atoms with Crippen LogP contribution in [0.15, 0.2) is 42.5 Å². The van der Waals surface area contributed by atoms with Gasteiger partial charge in [-0.25, -0.2) is 4.79 Å². The van der Waals surface area contributed by atoms with Crippen molar-refractivity contribution >= 4 is 17.6 Å². The van der Waals surface area contributed by atoms with Crippen LogP contribution in [0, 0.1) is 0 Å². The molecule has 0 saturated carbocycles. The van der Waals surface area contributed by atoms with E-state index in [4.69, 9.17) is 21.4 Å². The van der Waals surface area contributed by atoms with Crippen LogP contribution in [-0.4, -0.2) is 16.2 Å². The molecule has 2 aromatic carbocycles. The zero-order valence-electron chi connectivity index (χ0n) is 9.13. The minimum absolute atomic E-state index is 0.0202. The highest BCUT2D eigenvalue weighted by Crippen LogP contribution is 2.34. The molecule has 0 fully saturated rings. The first kappa shape index (κ1) is 12.3. The number of hydrogen-bond donors (Lipinski definition) is 2. The monoisotopic (exact) mass is 264 g/mol. The third-order valence-electron chi connectivity index (χ3n) is 2.26. The van der Waals surface area contributed by atoms with E-state index in [1.807, 2.05) is 0 Å². The summed E-state index contributed by atoms with van der Waals surface area (Å²) in [6, 6.07) is 10.5. The van der Waals surface area contributed by atoms with Gasteiger partial charge in [0.25, 0.3) is 0 Å². The Hall–Kier alpha value is -2.20. The normalized spacial score (nSPS) is 10.1. The maximum atomic E-state index is 11.0. The molecule has 0 aliphatic rings. The molecule has 0 amide bonds. The van der Waals surface area contributed by atoms with E-state index in [2.05, 4.69) is 0 Å². The summed E-state index contributed by atoms with van der Waals surface area (Å²) in [4.78, 5) is 11.0. The van der Waals surface area contributed by atoms with Gasteiger partial charge in [0.15, 0.2) is 11.5 Å². The number of aromatic hydroxyl groups is 1. The van der Waals surface area contributed by atoms with Crippen LogP contribution in [0.3, 0.4) is 0 Å². The van der Waals surface area contributed by atoms with Gasteiger partial charge in [0, 0.05) is 11.1 Å². The van der Waals surface area contributed by atoms with Crippen molar-refractivity contribution in [2.45, 2.75) is 0 Å². The van der Waals surface area contributed by atoms with Gasteiger partial charge in [0.05, 0.1) is 0 Å². The molecule has 0 atom stereocenters. The smallest absolute Gasteiger partial charge is 0.339 e. The van der Waals surface area contributed by atoms with Crippen LogP contribution in [0.2, 0.25) is 5.02 Å². The van der Waals surface area contributed by atoms with E-state index in [0.29, 0.717) is 5.02 Å². The Labute approximate surface area is 108 Å². The number of phenols is 1. The lowest BCUT2D eigenvalue weighted by Crippen LogP contribution is -1.99. The van der Waals surface area contributed by atoms with Crippen LogP contribution in [0.5, 0.6) is 17.2 Å². The van der Waals surface area contributed by atoms with Crippen LogP contribution in [0.25, 0.3) is 0 Å². The third-order valence-corrected chi connectivity index (χ3v) is 2.49. The molecule has 2 N–H and O–H groups in total. The highest BCUT2D eigenvalue weighted by Gasteiger charge is 2.12. The number of para-hydroxylation sites is 1. The van der Waals surface area contributed by atoms with Gasteiger partial charge in [-0.15, -0.1) is 0 Å². The number of benzene rings is 2. The predicted octanol–water partition coefficient (Wildman–Crippen LogP) is 3.54. The average molecular weight is 265 g/mol. The molecule has 0 heterocycles. The molecular formula is C13H9ClO4. The van der Waals surface area contributed by atoms with Gasteiger partial charge in [0.1, 0.15) is 11.3 Å². The van der Waals surface area contributed by atoms with Crippen LogP contribution in [0.1, 0.15) is 10.4 Å². The maximum Gasteiger partial charge on any atom is 0.339 e. The first-order valence-electron chi connectivity index (χ1n) is 5.06. The largest absolute Gasteiger partial charge is 0.504 e. The van der Waals surface area contributed by atoms with E-state index in [1.165, 1.54) is 24.3 Å². The van der Waals surface area contributed by atoms with Gasteiger partial charge in [-0.2, -0.15) is 0 Å². The molecule has 2 aromatic rings. The van der Waals surface area contributed by atoms with Gasteiger partial charge >= 0.3 is 5.97 Å². The quantitative estimate of drug-likeness (QED) is 0.890. The van der Waals surface area contributed by atoms with Gasteiger partial charge < -0.3 is 14.9 Å². The summed E-state index contributed by atoms with van der Waals surface area (Å²) in [5, 5.41) is 19.0. The summed E-state index contributed by atoms with van der Waals surface area (Å²) < 4.78 is 5.37. The molecule has 0 unspecified atom stereocenters. The molecule has 0 bridgehead atoms. The van der Waals surface area contributed by atoms with Crippen LogP contribution >= 0.6 is 11.6 Å². The molecule has 5 heteroatoms. The molecule has 92 valence electrons. The number of hydrogen-bond acceptors (Lipinski definition) is 3. The summed E-state index contributed by atoms with van der Waals surface area (Å²) >= 11 is 5.69. The molecule has 18 heavy (non-hydrogen) atoms. The van der Waals surface area contributed by atoms with E-state index < -0.39 is 5.97 Å². The maximum absolute atomic E-state index is 11.0. The fourth-order valence-corrected chi connectivity index (χ4v) is 1.59. The van der Waals surface area contributed by atoms with Gasteiger partial charge in [-0.05, 0) is 24.3 Å². The van der Waals surface area contributed by atoms with Crippen molar-refractivity contribution in [3.63, 3.8) is 0 Å². The van der Waals surface area contributed by atoms with E-state index in [-0.39, 0.29) is 22.8 Å². The Bertz CT molecular complexity index is 595. The van der Waals surface area contributed by atoms with Gasteiger partial charge in [-0.3, -0.25) is 0 Å². The Morgan fingerprint density at radius 2 is 1.83 bits per heavy atom. The lowest BCUT2D eigenvalue weighted by Gasteiger charge is -2.09. The second-order valence-electron chi connectivity index (χ2n) is 3.52. The van der Waals surface area contributed by atoms with Gasteiger partial charge in [0.2, 0.25) is 0 Å². The molecule has 2 rings (SSSR count). The Balaban J connectivity index is 2.37. The minimum Gasteiger partial charge on any atom is -0.504 e. The second-order valence-corrected chi connectivity index (χ2v) is 3.95. The number of aromatic carboxylic acids is 1. The number of carbonyl (C=O) groups is 1. The predicted molar refractivity (Wildman–Crippen MR) is 66.6 cm³/mol. The van der Waals surface area contributed by atoms with E-state index in [1.54, 1.807) is 18.2 Å². The highest BCUT2D eigenvalue weighted by atomic mass is 35.5. The number of phenolic OH excluding ortho intramolecular Hbond substituents is 1. The van der Waals surface area contributed by atoms with Crippen molar-refractivity contribution < 1.29 is 19.7 Å². The van der Waals surface area contributed by atoms with Crippen molar-refractivity contribution in [1.29, 1.82) is 0 Å². The number of ether oxygens (including phenoxy) is 1. The second kappa shape index (κ2) is 4.98. The summed E-state index contributed by atoms with van der Waals surface area (Å²) in [5.74, 6) is -0.947. The van der Waals surface area contributed by atoms with E-state index >= 15 is 0 Å². The number of carboxylic acids is 1. The summed E-state index contributed by atoms with van der Waals surface area (Å²) in [7, 11) is 0. The Morgan fingerprint density at radius 1 is 1.11 bits per heavy atom. The summed E-state index contributed by atoms with van der Waals surface area (Å²) in [6.45, 7) is 0. The third kappa shape index (κ3) is 2.55. The molecule has 0 saturated heterocycles. The molecule has 4 nitrogen and oxygen atoms in total. The van der Waals surface area contributed by atoms with Crippen molar-refractivity contribution in [1.82, 2.24) is 0 Å². The Morgan fingerprint density at radius 3 is 2.50 bits per heavy atom. The van der Waals surface area contributed by atoms with Crippen molar-refractivity contribution in [3.8, 4) is 17.2 Å². The van der Waals surface area contributed by atoms with E-state index in [9.17, 15) is 9.90 Å². The van der Waals surface area contributed by atoms with Gasteiger partial charge in [-0.1, -0.05) is 23.7 Å². The number of halogens is 1. The summed E-state index contributed by atoms with van der Waals surface area (Å²) in [6.07, 6.45) is 0. The fourth-order valence-electron chi connectivity index (χ4n) is 1.43. The first-order valence-corrected chi connectivity index (χ1v) is 5.44. The standard InChI is InChI=1S/C13H9ClO4/c14-8-5-6-12(10(15)7-8)18-11-4-2-1-3-9(11)13(16)17/h1-7,15H,(H,16,17). The first-order chi connectivity index (χ1) is 8.58. The Kier molecular flexibility index (Phi) is 3.39. The number of carboxylic acid groups (broad SMARTS) is 1. The molecule has 0 aliphatic heterocycles. The summed E-state index contributed by atoms with van der Waals surface area (Å²) in [5.41, 5.74) is 0.0202. The molecular weight excluding hydrogens is 256 g/mol. The molecule has 0 radical (unpaired) electrons. The highest BCUT2D eigenvalue weighted by molar-refractivity contribution is 6.30. The zero-order chi connectivity index (χ0) is 13.1. The lowest BCUT2D eigenvalue weighted by atomic mass is 10.2. The number of rotatable bonds is 3. The van der Waals surface area contributed by atoms with E-state index in [0.717, 1.165) is 0 Å². The fraction of sp³-hybridized carbons (Fsp3) is 0. The lowest BCUT2D eigenvalue weighted by molar-refractivity contribution is 0.0694. The van der Waals surface area contributed by atoms with Crippen LogP contribution < -0.4 is 4.74 Å². The van der Waals surface area contributed by atoms with Crippen molar-refractivity contribution in [2.24, 2.45) is 0 Å². The molecule has 0 aromatic heterocycles. The zero-order valence-corrected chi connectivity index (χ0v) is 9.89. The minimum atomic E-state index is -1.10.